The molecule has 1 atom stereocenters. The van der Waals surface area contributed by atoms with Crippen LogP contribution < -0.4 is 5.73 Å². The quantitative estimate of drug-likeness (QED) is 0.693. The van der Waals surface area contributed by atoms with E-state index in [9.17, 15) is 9.59 Å². The van der Waals surface area contributed by atoms with Crippen molar-refractivity contribution in [3.63, 3.8) is 0 Å². The van der Waals surface area contributed by atoms with E-state index in [2.05, 4.69) is 4.74 Å². The van der Waals surface area contributed by atoms with E-state index < -0.39 is 12.0 Å². The standard InChI is InChI=1S/C17H17NO3S/c1-11(19)22-15-9-7-13(8-10-15)12-3-5-14(6-4-12)16(18)17(20)21-2/h3-10,16H,18H2,1-2H3. The molecule has 0 aliphatic carbocycles. The Morgan fingerprint density at radius 1 is 1.00 bits per heavy atom. The maximum atomic E-state index is 11.4. The van der Waals surface area contributed by atoms with Crippen molar-refractivity contribution >= 4 is 22.8 Å². The summed E-state index contributed by atoms with van der Waals surface area (Å²) in [5.74, 6) is -0.460. The third kappa shape index (κ3) is 3.96. The SMILES string of the molecule is COC(=O)C(N)c1ccc(-c2ccc(SC(C)=O)cc2)cc1. The summed E-state index contributed by atoms with van der Waals surface area (Å²) in [5, 5.41) is 0.0638. The van der Waals surface area contributed by atoms with E-state index in [0.29, 0.717) is 5.56 Å². The highest BCUT2D eigenvalue weighted by Gasteiger charge is 2.15. The van der Waals surface area contributed by atoms with Crippen LogP contribution in [0.5, 0.6) is 0 Å². The monoisotopic (exact) mass is 315 g/mol. The molecule has 5 heteroatoms. The van der Waals surface area contributed by atoms with Gasteiger partial charge in [0.15, 0.2) is 5.12 Å². The first-order chi connectivity index (χ1) is 10.5. The minimum Gasteiger partial charge on any atom is -0.468 e. The molecule has 0 spiro atoms. The molecule has 0 radical (unpaired) electrons. The Hall–Kier alpha value is -2.11. The lowest BCUT2D eigenvalue weighted by atomic mass is 10.0. The van der Waals surface area contributed by atoms with Crippen LogP contribution in [0.15, 0.2) is 53.4 Å². The lowest BCUT2D eigenvalue weighted by Crippen LogP contribution is -2.22. The Morgan fingerprint density at radius 2 is 1.50 bits per heavy atom. The number of ether oxygens (including phenoxy) is 1. The van der Waals surface area contributed by atoms with Gasteiger partial charge in [-0.05, 0) is 28.8 Å². The zero-order valence-corrected chi connectivity index (χ0v) is 13.2. The van der Waals surface area contributed by atoms with Crippen molar-refractivity contribution in [1.29, 1.82) is 0 Å². The molecule has 0 saturated heterocycles. The largest absolute Gasteiger partial charge is 0.468 e. The maximum Gasteiger partial charge on any atom is 0.327 e. The highest BCUT2D eigenvalue weighted by atomic mass is 32.2. The van der Waals surface area contributed by atoms with E-state index in [1.165, 1.54) is 18.9 Å². The second-order valence-electron chi connectivity index (χ2n) is 4.74. The number of carbonyl (C=O) groups excluding carboxylic acids is 2. The van der Waals surface area contributed by atoms with Crippen LogP contribution in [0.2, 0.25) is 0 Å². The molecule has 2 aromatic rings. The number of hydrogen-bond acceptors (Lipinski definition) is 5. The molecule has 0 aliphatic heterocycles. The number of thioether (sulfide) groups is 1. The van der Waals surface area contributed by atoms with Gasteiger partial charge in [-0.2, -0.15) is 0 Å². The minimum atomic E-state index is -0.770. The van der Waals surface area contributed by atoms with Crippen LogP contribution in [0.1, 0.15) is 18.5 Å². The zero-order valence-electron chi connectivity index (χ0n) is 12.4. The van der Waals surface area contributed by atoms with Gasteiger partial charge in [0.05, 0.1) is 7.11 Å². The van der Waals surface area contributed by atoms with Gasteiger partial charge in [0.1, 0.15) is 6.04 Å². The van der Waals surface area contributed by atoms with Crippen LogP contribution in [0.25, 0.3) is 11.1 Å². The molecule has 114 valence electrons. The van der Waals surface area contributed by atoms with Crippen molar-refractivity contribution in [2.24, 2.45) is 5.73 Å². The number of carbonyl (C=O) groups is 2. The molecule has 0 heterocycles. The van der Waals surface area contributed by atoms with Crippen LogP contribution >= 0.6 is 11.8 Å². The van der Waals surface area contributed by atoms with Gasteiger partial charge in [-0.25, -0.2) is 0 Å². The fourth-order valence-corrected chi connectivity index (χ4v) is 2.63. The Labute approximate surface area is 133 Å². The molecule has 2 aromatic carbocycles. The van der Waals surface area contributed by atoms with Gasteiger partial charge < -0.3 is 10.5 Å². The van der Waals surface area contributed by atoms with E-state index in [4.69, 9.17) is 5.73 Å². The Kier molecular flexibility index (Phi) is 5.35. The predicted octanol–water partition coefficient (Wildman–Crippen LogP) is 3.17. The fourth-order valence-electron chi connectivity index (χ4n) is 2.03. The first kappa shape index (κ1) is 16.3. The summed E-state index contributed by atoms with van der Waals surface area (Å²) in [6.45, 7) is 1.54. The lowest BCUT2D eigenvalue weighted by Gasteiger charge is -2.10. The molecule has 4 nitrogen and oxygen atoms in total. The normalized spacial score (nSPS) is 11.8. The summed E-state index contributed by atoms with van der Waals surface area (Å²) in [6.07, 6.45) is 0. The summed E-state index contributed by atoms with van der Waals surface area (Å²) in [4.78, 5) is 23.4. The van der Waals surface area contributed by atoms with Crippen LogP contribution in [0.3, 0.4) is 0 Å². The highest BCUT2D eigenvalue weighted by Crippen LogP contribution is 2.25. The molecule has 1 unspecified atom stereocenters. The van der Waals surface area contributed by atoms with Crippen LogP contribution in [0.4, 0.5) is 0 Å². The van der Waals surface area contributed by atoms with Crippen molar-refractivity contribution in [1.82, 2.24) is 0 Å². The van der Waals surface area contributed by atoms with E-state index in [1.54, 1.807) is 6.92 Å². The smallest absolute Gasteiger partial charge is 0.327 e. The Balaban J connectivity index is 2.16. The third-order valence-corrected chi connectivity index (χ3v) is 3.97. The Morgan fingerprint density at radius 3 is 1.95 bits per heavy atom. The number of esters is 1. The number of rotatable bonds is 4. The van der Waals surface area contributed by atoms with Gasteiger partial charge in [0.2, 0.25) is 0 Å². The van der Waals surface area contributed by atoms with Crippen molar-refractivity contribution in [3.05, 3.63) is 54.1 Å². The summed E-state index contributed by atoms with van der Waals surface area (Å²) in [7, 11) is 1.32. The van der Waals surface area contributed by atoms with E-state index in [0.717, 1.165) is 16.0 Å². The Bertz CT molecular complexity index is 665. The van der Waals surface area contributed by atoms with E-state index in [-0.39, 0.29) is 5.12 Å². The first-order valence-corrected chi connectivity index (χ1v) is 7.55. The van der Waals surface area contributed by atoms with Crippen molar-refractivity contribution < 1.29 is 14.3 Å². The summed E-state index contributed by atoms with van der Waals surface area (Å²) in [5.41, 5.74) is 8.55. The average molecular weight is 315 g/mol. The topological polar surface area (TPSA) is 69.4 Å². The average Bonchev–Trinajstić information content (AvgIpc) is 2.54. The van der Waals surface area contributed by atoms with Crippen molar-refractivity contribution in [3.8, 4) is 11.1 Å². The first-order valence-electron chi connectivity index (χ1n) is 6.73. The number of hydrogen-bond donors (Lipinski definition) is 1. The third-order valence-electron chi connectivity index (χ3n) is 3.17. The van der Waals surface area contributed by atoms with Crippen molar-refractivity contribution in [2.45, 2.75) is 17.9 Å². The molecule has 0 bridgehead atoms. The van der Waals surface area contributed by atoms with Crippen LogP contribution in [-0.4, -0.2) is 18.2 Å². The van der Waals surface area contributed by atoms with Gasteiger partial charge >= 0.3 is 5.97 Å². The molecule has 0 saturated carbocycles. The van der Waals surface area contributed by atoms with Gasteiger partial charge in [0, 0.05) is 11.8 Å². The second-order valence-corrected chi connectivity index (χ2v) is 5.99. The summed E-state index contributed by atoms with van der Waals surface area (Å²) < 4.78 is 4.63. The molecule has 0 aromatic heterocycles. The molecule has 0 fully saturated rings. The zero-order chi connectivity index (χ0) is 16.1. The number of benzene rings is 2. The minimum absolute atomic E-state index is 0.0638. The van der Waals surface area contributed by atoms with Crippen LogP contribution in [0, 0.1) is 0 Å². The van der Waals surface area contributed by atoms with Gasteiger partial charge in [-0.3, -0.25) is 9.59 Å². The maximum absolute atomic E-state index is 11.4. The van der Waals surface area contributed by atoms with Gasteiger partial charge in [-0.1, -0.05) is 48.2 Å². The highest BCUT2D eigenvalue weighted by molar-refractivity contribution is 8.13. The van der Waals surface area contributed by atoms with E-state index in [1.807, 2.05) is 48.5 Å². The second kappa shape index (κ2) is 7.24. The molecule has 2 N–H and O–H groups in total. The predicted molar refractivity (Wildman–Crippen MR) is 87.4 cm³/mol. The van der Waals surface area contributed by atoms with Crippen LogP contribution in [-0.2, 0) is 14.3 Å². The van der Waals surface area contributed by atoms with E-state index >= 15 is 0 Å². The molecule has 2 rings (SSSR count). The molecule has 0 aliphatic rings. The lowest BCUT2D eigenvalue weighted by molar-refractivity contribution is -0.142. The van der Waals surface area contributed by atoms with Gasteiger partial charge in [0.25, 0.3) is 0 Å². The number of methoxy groups -OCH3 is 1. The number of nitrogens with two attached hydrogens (primary N) is 1. The van der Waals surface area contributed by atoms with Gasteiger partial charge in [-0.15, -0.1) is 0 Å². The molecule has 22 heavy (non-hydrogen) atoms. The molecule has 0 amide bonds. The molecular formula is C17H17NO3S. The summed E-state index contributed by atoms with van der Waals surface area (Å²) >= 11 is 1.21. The fraction of sp³-hybridized carbons (Fsp3) is 0.176. The summed E-state index contributed by atoms with van der Waals surface area (Å²) in [6, 6.07) is 14.4. The molecular weight excluding hydrogens is 298 g/mol. The van der Waals surface area contributed by atoms with Crippen molar-refractivity contribution in [2.75, 3.05) is 7.11 Å².